The number of carbonyl (C=O) groups is 2. The summed E-state index contributed by atoms with van der Waals surface area (Å²) in [4.78, 5) is 24.7. The van der Waals surface area contributed by atoms with Crippen molar-refractivity contribution in [2.45, 2.75) is 30.9 Å². The first-order chi connectivity index (χ1) is 11.5. The minimum absolute atomic E-state index is 0.225. The van der Waals surface area contributed by atoms with Gasteiger partial charge in [-0.1, -0.05) is 11.6 Å². The number of nitrogens with one attached hydrogen (secondary N) is 1. The van der Waals surface area contributed by atoms with E-state index in [-0.39, 0.29) is 18.9 Å². The summed E-state index contributed by atoms with van der Waals surface area (Å²) in [7, 11) is 0. The molecule has 5 nitrogen and oxygen atoms in total. The van der Waals surface area contributed by atoms with Gasteiger partial charge >= 0.3 is 5.97 Å². The molecule has 1 aromatic carbocycles. The first kappa shape index (κ1) is 18.4. The van der Waals surface area contributed by atoms with Crippen LogP contribution in [0, 0.1) is 0 Å². The molecule has 0 saturated heterocycles. The molecule has 0 aliphatic rings. The summed E-state index contributed by atoms with van der Waals surface area (Å²) in [5.74, 6) is 0.449. The molecule has 1 amide bonds. The van der Waals surface area contributed by atoms with Gasteiger partial charge in [-0.15, -0.1) is 11.8 Å². The summed E-state index contributed by atoms with van der Waals surface area (Å²) < 4.78 is 10.2. The predicted octanol–water partition coefficient (Wildman–Crippen LogP) is 3.66. The number of amides is 1. The second-order valence-electron chi connectivity index (χ2n) is 4.98. The van der Waals surface area contributed by atoms with E-state index in [1.165, 1.54) is 18.0 Å². The third-order valence-electron chi connectivity index (χ3n) is 3.08. The number of carbonyl (C=O) groups excluding carboxylic acids is 2. The molecule has 0 radical (unpaired) electrons. The lowest BCUT2D eigenvalue weighted by Crippen LogP contribution is -2.35. The van der Waals surface area contributed by atoms with E-state index in [1.54, 1.807) is 31.2 Å². The smallest absolute Gasteiger partial charge is 0.307 e. The van der Waals surface area contributed by atoms with Crippen molar-refractivity contribution in [3.63, 3.8) is 0 Å². The third kappa shape index (κ3) is 6.29. The molecule has 0 aliphatic heterocycles. The molecule has 1 atom stereocenters. The van der Waals surface area contributed by atoms with Crippen LogP contribution < -0.4 is 5.32 Å². The molecule has 1 heterocycles. The molecule has 2 aromatic rings. The highest BCUT2D eigenvalue weighted by molar-refractivity contribution is 7.99. The molecule has 0 aliphatic carbocycles. The molecular formula is C17H18ClNO4S. The molecule has 0 bridgehead atoms. The number of hydrogen-bond acceptors (Lipinski definition) is 5. The lowest BCUT2D eigenvalue weighted by atomic mass is 10.3. The molecule has 0 fully saturated rings. The average molecular weight is 368 g/mol. The van der Waals surface area contributed by atoms with E-state index >= 15 is 0 Å². The van der Waals surface area contributed by atoms with Gasteiger partial charge < -0.3 is 14.5 Å². The Morgan fingerprint density at radius 3 is 2.71 bits per heavy atom. The van der Waals surface area contributed by atoms with Crippen LogP contribution in [0.5, 0.6) is 0 Å². The molecule has 0 unspecified atom stereocenters. The van der Waals surface area contributed by atoms with Crippen molar-refractivity contribution in [2.24, 2.45) is 0 Å². The zero-order valence-corrected chi connectivity index (χ0v) is 14.7. The lowest BCUT2D eigenvalue weighted by molar-refractivity contribution is -0.154. The minimum atomic E-state index is -0.840. The molecule has 0 saturated carbocycles. The van der Waals surface area contributed by atoms with Gasteiger partial charge in [-0.05, 0) is 43.3 Å². The van der Waals surface area contributed by atoms with Crippen molar-refractivity contribution >= 4 is 35.2 Å². The fourth-order valence-corrected chi connectivity index (χ4v) is 2.78. The highest BCUT2D eigenvalue weighted by atomic mass is 35.5. The Morgan fingerprint density at radius 1 is 1.29 bits per heavy atom. The van der Waals surface area contributed by atoms with Gasteiger partial charge in [-0.25, -0.2) is 0 Å². The van der Waals surface area contributed by atoms with E-state index in [0.29, 0.717) is 16.5 Å². The Bertz CT molecular complexity index is 658. The summed E-state index contributed by atoms with van der Waals surface area (Å²) in [6, 6.07) is 10.9. The molecule has 7 heteroatoms. The Morgan fingerprint density at radius 2 is 2.04 bits per heavy atom. The number of benzene rings is 1. The molecule has 24 heavy (non-hydrogen) atoms. The first-order valence-corrected chi connectivity index (χ1v) is 8.79. The minimum Gasteiger partial charge on any atom is -0.467 e. The topological polar surface area (TPSA) is 68.5 Å². The largest absolute Gasteiger partial charge is 0.467 e. The number of hydrogen-bond donors (Lipinski definition) is 1. The van der Waals surface area contributed by atoms with Gasteiger partial charge in [0.2, 0.25) is 0 Å². The maximum absolute atomic E-state index is 11.9. The van der Waals surface area contributed by atoms with Crippen molar-refractivity contribution in [3.8, 4) is 0 Å². The number of esters is 1. The van der Waals surface area contributed by atoms with Crippen LogP contribution in [-0.4, -0.2) is 23.7 Å². The predicted molar refractivity (Wildman–Crippen MR) is 92.9 cm³/mol. The molecule has 2 rings (SSSR count). The second kappa shape index (κ2) is 9.39. The van der Waals surface area contributed by atoms with Gasteiger partial charge in [0.05, 0.1) is 19.2 Å². The van der Waals surface area contributed by atoms with Crippen molar-refractivity contribution in [1.29, 1.82) is 0 Å². The standard InChI is InChI=1S/C17H18ClNO4S/c1-12(17(21)19-11-14-3-2-9-22-14)23-16(20)8-10-24-15-6-4-13(18)5-7-15/h2-7,9,12H,8,10-11H2,1H3,(H,19,21)/t12-/m0/s1. The van der Waals surface area contributed by atoms with E-state index < -0.39 is 12.1 Å². The number of rotatable bonds is 8. The average Bonchev–Trinajstić information content (AvgIpc) is 3.08. The fraction of sp³-hybridized carbons (Fsp3) is 0.294. The monoisotopic (exact) mass is 367 g/mol. The van der Waals surface area contributed by atoms with Crippen LogP contribution >= 0.6 is 23.4 Å². The van der Waals surface area contributed by atoms with Crippen LogP contribution in [0.3, 0.4) is 0 Å². The Labute approximate surface area is 149 Å². The van der Waals surface area contributed by atoms with Crippen LogP contribution in [0.4, 0.5) is 0 Å². The summed E-state index contributed by atoms with van der Waals surface area (Å²) in [5.41, 5.74) is 0. The van der Waals surface area contributed by atoms with Crippen molar-refractivity contribution in [3.05, 3.63) is 53.4 Å². The zero-order chi connectivity index (χ0) is 17.4. The van der Waals surface area contributed by atoms with Crippen LogP contribution in [0.2, 0.25) is 5.02 Å². The first-order valence-electron chi connectivity index (χ1n) is 7.42. The van der Waals surface area contributed by atoms with Gasteiger partial charge in [0, 0.05) is 15.7 Å². The van der Waals surface area contributed by atoms with Crippen LogP contribution in [0.25, 0.3) is 0 Å². The van der Waals surface area contributed by atoms with Gasteiger partial charge in [0.15, 0.2) is 6.10 Å². The third-order valence-corrected chi connectivity index (χ3v) is 4.35. The molecule has 1 aromatic heterocycles. The maximum atomic E-state index is 11.9. The van der Waals surface area contributed by atoms with Crippen molar-refractivity contribution in [1.82, 2.24) is 5.32 Å². The molecule has 0 spiro atoms. The van der Waals surface area contributed by atoms with Gasteiger partial charge in [-0.3, -0.25) is 9.59 Å². The molecule has 1 N–H and O–H groups in total. The van der Waals surface area contributed by atoms with E-state index in [9.17, 15) is 9.59 Å². The number of furan rings is 1. The molecular weight excluding hydrogens is 350 g/mol. The number of thioether (sulfide) groups is 1. The maximum Gasteiger partial charge on any atom is 0.307 e. The summed E-state index contributed by atoms with van der Waals surface area (Å²) >= 11 is 7.34. The quantitative estimate of drug-likeness (QED) is 0.569. The van der Waals surface area contributed by atoms with Crippen molar-refractivity contribution < 1.29 is 18.7 Å². The van der Waals surface area contributed by atoms with Gasteiger partial charge in [-0.2, -0.15) is 0 Å². The lowest BCUT2D eigenvalue weighted by Gasteiger charge is -2.13. The SMILES string of the molecule is C[C@H](OC(=O)CCSc1ccc(Cl)cc1)C(=O)NCc1ccco1. The van der Waals surface area contributed by atoms with E-state index in [2.05, 4.69) is 5.32 Å². The summed E-state index contributed by atoms with van der Waals surface area (Å²) in [6.45, 7) is 1.81. The highest BCUT2D eigenvalue weighted by Gasteiger charge is 2.17. The van der Waals surface area contributed by atoms with Crippen LogP contribution in [0.15, 0.2) is 52.0 Å². The second-order valence-corrected chi connectivity index (χ2v) is 6.59. The number of ether oxygens (including phenoxy) is 1. The summed E-state index contributed by atoms with van der Waals surface area (Å²) in [6.07, 6.45) is 0.917. The normalized spacial score (nSPS) is 11.8. The number of halogens is 1. The highest BCUT2D eigenvalue weighted by Crippen LogP contribution is 2.21. The molecule has 128 valence electrons. The van der Waals surface area contributed by atoms with Crippen LogP contribution in [0.1, 0.15) is 19.1 Å². The van der Waals surface area contributed by atoms with E-state index in [0.717, 1.165) is 4.90 Å². The summed E-state index contributed by atoms with van der Waals surface area (Å²) in [5, 5.41) is 3.32. The Kier molecular flexibility index (Phi) is 7.21. The van der Waals surface area contributed by atoms with Crippen molar-refractivity contribution in [2.75, 3.05) is 5.75 Å². The van der Waals surface area contributed by atoms with E-state index in [4.69, 9.17) is 20.8 Å². The van der Waals surface area contributed by atoms with Crippen LogP contribution in [-0.2, 0) is 20.9 Å². The Hall–Kier alpha value is -1.92. The van der Waals surface area contributed by atoms with Gasteiger partial charge in [0.1, 0.15) is 5.76 Å². The fourth-order valence-electron chi connectivity index (χ4n) is 1.82. The van der Waals surface area contributed by atoms with E-state index in [1.807, 2.05) is 12.1 Å². The Balaban J connectivity index is 1.65. The van der Waals surface area contributed by atoms with Gasteiger partial charge in [0.25, 0.3) is 5.91 Å². The zero-order valence-electron chi connectivity index (χ0n) is 13.2.